The largest absolute Gasteiger partial charge is 0.271 e. The van der Waals surface area contributed by atoms with Crippen molar-refractivity contribution in [2.75, 3.05) is 0 Å². The molecule has 0 saturated carbocycles. The van der Waals surface area contributed by atoms with E-state index in [0.717, 1.165) is 16.5 Å². The number of nitrogens with zero attached hydrogens (tertiary/aromatic N) is 1. The molecule has 0 radical (unpaired) electrons. The molecule has 1 unspecified atom stereocenters. The number of nitrogens with two attached hydrogens (primary N) is 1. The molecule has 1 heterocycles. The second-order valence-electron chi connectivity index (χ2n) is 4.66. The molecule has 1 atom stereocenters. The van der Waals surface area contributed by atoms with Gasteiger partial charge >= 0.3 is 0 Å². The third-order valence-corrected chi connectivity index (χ3v) is 4.12. The SMILES string of the molecule is NNC(c1c(F)cccc1Br)c1cccc2cccnc12. The number of hydrogen-bond donors (Lipinski definition) is 2. The Morgan fingerprint density at radius 3 is 2.62 bits per heavy atom. The molecule has 1 aromatic heterocycles. The molecule has 0 spiro atoms. The Morgan fingerprint density at radius 1 is 1.10 bits per heavy atom. The van der Waals surface area contributed by atoms with E-state index in [-0.39, 0.29) is 5.82 Å². The molecule has 2 aromatic carbocycles. The summed E-state index contributed by atoms with van der Waals surface area (Å²) in [4.78, 5) is 4.40. The fraction of sp³-hybridized carbons (Fsp3) is 0.0625. The maximum Gasteiger partial charge on any atom is 0.129 e. The standard InChI is InChI=1S/C16H13BrFN3/c17-12-7-2-8-13(18)14(12)16(21-19)11-6-1-4-10-5-3-9-20-15(10)11/h1-9,16,21H,19H2. The van der Waals surface area contributed by atoms with Gasteiger partial charge in [0.2, 0.25) is 0 Å². The van der Waals surface area contributed by atoms with Gasteiger partial charge in [0.05, 0.1) is 11.6 Å². The minimum Gasteiger partial charge on any atom is -0.271 e. The van der Waals surface area contributed by atoms with Gasteiger partial charge in [-0.15, -0.1) is 0 Å². The highest BCUT2D eigenvalue weighted by atomic mass is 79.9. The molecule has 3 N–H and O–H groups in total. The molecule has 3 aromatic rings. The lowest BCUT2D eigenvalue weighted by Gasteiger charge is -2.20. The van der Waals surface area contributed by atoms with Crippen molar-refractivity contribution in [3.63, 3.8) is 0 Å². The number of para-hydroxylation sites is 1. The number of hydrogen-bond acceptors (Lipinski definition) is 3. The van der Waals surface area contributed by atoms with Gasteiger partial charge in [0.15, 0.2) is 0 Å². The predicted molar refractivity (Wildman–Crippen MR) is 85.0 cm³/mol. The van der Waals surface area contributed by atoms with E-state index in [2.05, 4.69) is 26.3 Å². The smallest absolute Gasteiger partial charge is 0.129 e. The number of rotatable bonds is 3. The third-order valence-electron chi connectivity index (χ3n) is 3.43. The summed E-state index contributed by atoms with van der Waals surface area (Å²) in [5.41, 5.74) is 4.81. The van der Waals surface area contributed by atoms with Crippen LogP contribution in [0.25, 0.3) is 10.9 Å². The highest BCUT2D eigenvalue weighted by Crippen LogP contribution is 2.33. The highest BCUT2D eigenvalue weighted by molar-refractivity contribution is 9.10. The molecule has 106 valence electrons. The van der Waals surface area contributed by atoms with Crippen LogP contribution in [-0.4, -0.2) is 4.98 Å². The number of benzene rings is 2. The number of pyridine rings is 1. The normalized spacial score (nSPS) is 12.5. The summed E-state index contributed by atoms with van der Waals surface area (Å²) in [6.07, 6.45) is 1.72. The molecule has 0 amide bonds. The fourth-order valence-electron chi connectivity index (χ4n) is 2.48. The molecule has 0 fully saturated rings. The van der Waals surface area contributed by atoms with Crippen LogP contribution >= 0.6 is 15.9 Å². The fourth-order valence-corrected chi connectivity index (χ4v) is 3.05. The van der Waals surface area contributed by atoms with Crippen LogP contribution in [0.2, 0.25) is 0 Å². The lowest BCUT2D eigenvalue weighted by atomic mass is 9.96. The van der Waals surface area contributed by atoms with Gasteiger partial charge in [0.1, 0.15) is 5.82 Å². The van der Waals surface area contributed by atoms with Gasteiger partial charge in [-0.3, -0.25) is 10.8 Å². The summed E-state index contributed by atoms with van der Waals surface area (Å²) in [6, 6.07) is 14.0. The van der Waals surface area contributed by atoms with Gasteiger partial charge in [-0.2, -0.15) is 0 Å². The summed E-state index contributed by atoms with van der Waals surface area (Å²) in [5, 5.41) is 0.989. The van der Waals surface area contributed by atoms with E-state index in [9.17, 15) is 4.39 Å². The van der Waals surface area contributed by atoms with Crippen LogP contribution in [0.5, 0.6) is 0 Å². The van der Waals surface area contributed by atoms with Crippen LogP contribution in [0.15, 0.2) is 59.2 Å². The van der Waals surface area contributed by atoms with E-state index >= 15 is 0 Å². The minimum absolute atomic E-state index is 0.319. The quantitative estimate of drug-likeness (QED) is 0.562. The van der Waals surface area contributed by atoms with E-state index < -0.39 is 6.04 Å². The van der Waals surface area contributed by atoms with E-state index in [1.54, 1.807) is 18.3 Å². The van der Waals surface area contributed by atoms with Gasteiger partial charge < -0.3 is 0 Å². The monoisotopic (exact) mass is 345 g/mol. The molecule has 21 heavy (non-hydrogen) atoms. The van der Waals surface area contributed by atoms with Gasteiger partial charge in [0, 0.05) is 27.2 Å². The van der Waals surface area contributed by atoms with Crippen molar-refractivity contribution in [3.05, 3.63) is 76.1 Å². The van der Waals surface area contributed by atoms with Crippen LogP contribution in [0.4, 0.5) is 4.39 Å². The third kappa shape index (κ3) is 2.55. The Labute approximate surface area is 130 Å². The first-order valence-electron chi connectivity index (χ1n) is 6.46. The van der Waals surface area contributed by atoms with Crippen LogP contribution in [0.3, 0.4) is 0 Å². The second kappa shape index (κ2) is 5.89. The maximum absolute atomic E-state index is 14.2. The van der Waals surface area contributed by atoms with Gasteiger partial charge in [-0.1, -0.05) is 46.3 Å². The number of nitrogens with one attached hydrogen (secondary N) is 1. The molecular weight excluding hydrogens is 333 g/mol. The van der Waals surface area contributed by atoms with Crippen LogP contribution < -0.4 is 11.3 Å². The van der Waals surface area contributed by atoms with Gasteiger partial charge in [-0.05, 0) is 18.2 Å². The van der Waals surface area contributed by atoms with Crippen LogP contribution in [0.1, 0.15) is 17.2 Å². The van der Waals surface area contributed by atoms with E-state index in [0.29, 0.717) is 10.0 Å². The maximum atomic E-state index is 14.2. The van der Waals surface area contributed by atoms with Crippen molar-refractivity contribution in [2.45, 2.75) is 6.04 Å². The average Bonchev–Trinajstić information content (AvgIpc) is 2.51. The van der Waals surface area contributed by atoms with Crippen molar-refractivity contribution < 1.29 is 4.39 Å². The summed E-state index contributed by atoms with van der Waals surface area (Å²) in [5.74, 6) is 5.38. The lowest BCUT2D eigenvalue weighted by molar-refractivity contribution is 0.559. The minimum atomic E-state index is -0.487. The second-order valence-corrected chi connectivity index (χ2v) is 5.51. The zero-order valence-electron chi connectivity index (χ0n) is 11.1. The van der Waals surface area contributed by atoms with E-state index in [4.69, 9.17) is 5.84 Å². The Hall–Kier alpha value is -1.82. The van der Waals surface area contributed by atoms with E-state index in [1.165, 1.54) is 6.07 Å². The molecule has 0 bridgehead atoms. The van der Waals surface area contributed by atoms with Crippen molar-refractivity contribution in [1.29, 1.82) is 0 Å². The first kappa shape index (κ1) is 14.1. The molecule has 0 aliphatic carbocycles. The van der Waals surface area contributed by atoms with Gasteiger partial charge in [-0.25, -0.2) is 9.82 Å². The summed E-state index contributed by atoms with van der Waals surface area (Å²) < 4.78 is 14.9. The van der Waals surface area contributed by atoms with Crippen molar-refractivity contribution in [2.24, 2.45) is 5.84 Å². The van der Waals surface area contributed by atoms with Crippen LogP contribution in [-0.2, 0) is 0 Å². The molecule has 3 rings (SSSR count). The Bertz CT molecular complexity index is 766. The van der Waals surface area contributed by atoms with Gasteiger partial charge in [0.25, 0.3) is 0 Å². The Kier molecular flexibility index (Phi) is 3.96. The molecule has 0 aliphatic rings. The van der Waals surface area contributed by atoms with E-state index in [1.807, 2.05) is 30.3 Å². The molecular formula is C16H13BrFN3. The summed E-state index contributed by atoms with van der Waals surface area (Å²) >= 11 is 3.39. The predicted octanol–water partition coefficient (Wildman–Crippen LogP) is 3.69. The number of halogens is 2. The zero-order valence-corrected chi connectivity index (χ0v) is 12.6. The number of aromatic nitrogens is 1. The Morgan fingerprint density at radius 2 is 1.86 bits per heavy atom. The summed E-state index contributed by atoms with van der Waals surface area (Å²) in [6.45, 7) is 0. The van der Waals surface area contributed by atoms with Crippen molar-refractivity contribution in [1.82, 2.24) is 10.4 Å². The van der Waals surface area contributed by atoms with Crippen molar-refractivity contribution >= 4 is 26.8 Å². The highest BCUT2D eigenvalue weighted by Gasteiger charge is 2.21. The molecule has 3 nitrogen and oxygen atoms in total. The average molecular weight is 346 g/mol. The zero-order chi connectivity index (χ0) is 14.8. The number of fused-ring (bicyclic) bond motifs is 1. The summed E-state index contributed by atoms with van der Waals surface area (Å²) in [7, 11) is 0. The topological polar surface area (TPSA) is 50.9 Å². The molecule has 5 heteroatoms. The Balaban J connectivity index is 2.24. The van der Waals surface area contributed by atoms with Crippen LogP contribution in [0, 0.1) is 5.82 Å². The first-order chi connectivity index (χ1) is 10.2. The molecule has 0 saturated heterocycles. The molecule has 0 aliphatic heterocycles. The number of hydrazine groups is 1. The lowest BCUT2D eigenvalue weighted by Crippen LogP contribution is -2.30. The first-order valence-corrected chi connectivity index (χ1v) is 7.25. The van der Waals surface area contributed by atoms with Crippen molar-refractivity contribution in [3.8, 4) is 0 Å².